The predicted molar refractivity (Wildman–Crippen MR) is 39.7 cm³/mol. The smallest absolute Gasteiger partial charge is 0.360 e. The molecule has 1 aromatic heterocycles. The van der Waals surface area contributed by atoms with Gasteiger partial charge in [0.15, 0.2) is 5.82 Å². The zero-order valence-electron chi connectivity index (χ0n) is 6.27. The lowest BCUT2D eigenvalue weighted by Crippen LogP contribution is -2.05. The Balaban J connectivity index is 2.39. The molecule has 6 heteroatoms. The number of nitrogens with two attached hydrogens (primary N) is 1. The van der Waals surface area contributed by atoms with Crippen molar-refractivity contribution in [3.63, 3.8) is 0 Å². The van der Waals surface area contributed by atoms with Crippen LogP contribution in [0.4, 0.5) is 5.82 Å². The van der Waals surface area contributed by atoms with E-state index in [1.807, 2.05) is 0 Å². The van der Waals surface area contributed by atoms with Crippen LogP contribution in [-0.2, 0) is 0 Å². The number of carboxylic acid groups (broad SMARTS) is 1. The first-order chi connectivity index (χ1) is 5.70. The van der Waals surface area contributed by atoms with Gasteiger partial charge in [0, 0.05) is 0 Å². The van der Waals surface area contributed by atoms with Gasteiger partial charge in [0.25, 0.3) is 0 Å². The van der Waals surface area contributed by atoms with Gasteiger partial charge in [0.05, 0.1) is 6.04 Å². The average molecular weight is 168 g/mol. The second kappa shape index (κ2) is 2.20. The Morgan fingerprint density at radius 3 is 2.75 bits per heavy atom. The minimum absolute atomic E-state index is 0.151. The van der Waals surface area contributed by atoms with Crippen molar-refractivity contribution in [3.05, 3.63) is 5.69 Å². The van der Waals surface area contributed by atoms with Crippen molar-refractivity contribution < 1.29 is 9.90 Å². The molecule has 1 heterocycles. The van der Waals surface area contributed by atoms with E-state index in [1.54, 1.807) is 0 Å². The fourth-order valence-electron chi connectivity index (χ4n) is 1.04. The molecular formula is C6H8N4O2. The molecular weight excluding hydrogens is 160 g/mol. The standard InChI is InChI=1S/C6H8N4O2/c7-5-4(6(11)12)8-9-10(5)3-1-2-3/h3H,1-2,7H2,(H,11,12). The summed E-state index contributed by atoms with van der Waals surface area (Å²) in [4.78, 5) is 10.5. The molecule has 1 aromatic rings. The lowest BCUT2D eigenvalue weighted by Gasteiger charge is -1.97. The Morgan fingerprint density at radius 2 is 2.33 bits per heavy atom. The van der Waals surface area contributed by atoms with Gasteiger partial charge in [-0.1, -0.05) is 5.21 Å². The van der Waals surface area contributed by atoms with Crippen molar-refractivity contribution in [2.45, 2.75) is 18.9 Å². The number of nitrogens with zero attached hydrogens (tertiary/aromatic N) is 3. The molecule has 64 valence electrons. The summed E-state index contributed by atoms with van der Waals surface area (Å²) in [5.41, 5.74) is 5.35. The molecule has 1 aliphatic carbocycles. The summed E-state index contributed by atoms with van der Waals surface area (Å²) in [6.45, 7) is 0. The predicted octanol–water partition coefficient (Wildman–Crippen LogP) is -0.107. The van der Waals surface area contributed by atoms with Crippen molar-refractivity contribution in [1.82, 2.24) is 15.0 Å². The maximum atomic E-state index is 10.5. The molecule has 0 aromatic carbocycles. The average Bonchev–Trinajstić information content (AvgIpc) is 2.75. The van der Waals surface area contributed by atoms with Crippen LogP contribution in [0.5, 0.6) is 0 Å². The quantitative estimate of drug-likeness (QED) is 0.642. The summed E-state index contributed by atoms with van der Waals surface area (Å²) >= 11 is 0. The van der Waals surface area contributed by atoms with Gasteiger partial charge in [-0.15, -0.1) is 5.10 Å². The normalized spacial score (nSPS) is 16.3. The number of hydrogen-bond donors (Lipinski definition) is 2. The summed E-state index contributed by atoms with van der Waals surface area (Å²) in [5, 5.41) is 15.7. The first-order valence-corrected chi connectivity index (χ1v) is 3.64. The fourth-order valence-corrected chi connectivity index (χ4v) is 1.04. The van der Waals surface area contributed by atoms with Gasteiger partial charge in [-0.3, -0.25) is 0 Å². The summed E-state index contributed by atoms with van der Waals surface area (Å²) in [7, 11) is 0. The third kappa shape index (κ3) is 0.919. The fraction of sp³-hybridized carbons (Fsp3) is 0.500. The van der Waals surface area contributed by atoms with Crippen molar-refractivity contribution >= 4 is 11.8 Å². The summed E-state index contributed by atoms with van der Waals surface area (Å²) in [5.74, 6) is -0.968. The number of anilines is 1. The van der Waals surface area contributed by atoms with E-state index in [0.29, 0.717) is 0 Å². The molecule has 2 rings (SSSR count). The molecule has 1 aliphatic rings. The molecule has 3 N–H and O–H groups in total. The van der Waals surface area contributed by atoms with Crippen LogP contribution >= 0.6 is 0 Å². The molecule has 0 aliphatic heterocycles. The van der Waals surface area contributed by atoms with E-state index in [-0.39, 0.29) is 17.6 Å². The van der Waals surface area contributed by atoms with Crippen molar-refractivity contribution in [2.75, 3.05) is 5.73 Å². The van der Waals surface area contributed by atoms with Crippen LogP contribution in [0.3, 0.4) is 0 Å². The molecule has 12 heavy (non-hydrogen) atoms. The summed E-state index contributed by atoms with van der Waals surface area (Å²) in [6, 6.07) is 0.269. The minimum Gasteiger partial charge on any atom is -0.476 e. The van der Waals surface area contributed by atoms with Gasteiger partial charge in [0.1, 0.15) is 0 Å². The van der Waals surface area contributed by atoms with Crippen molar-refractivity contribution in [2.24, 2.45) is 0 Å². The van der Waals surface area contributed by atoms with Gasteiger partial charge in [-0.25, -0.2) is 9.48 Å². The molecule has 6 nitrogen and oxygen atoms in total. The molecule has 0 bridgehead atoms. The molecule has 0 radical (unpaired) electrons. The van der Waals surface area contributed by atoms with Crippen LogP contribution in [0.2, 0.25) is 0 Å². The zero-order valence-corrected chi connectivity index (χ0v) is 6.27. The number of carboxylic acids is 1. The van der Waals surface area contributed by atoms with E-state index in [4.69, 9.17) is 10.8 Å². The van der Waals surface area contributed by atoms with Gasteiger partial charge in [-0.2, -0.15) is 0 Å². The minimum atomic E-state index is -1.13. The highest BCUT2D eigenvalue weighted by atomic mass is 16.4. The van der Waals surface area contributed by atoms with E-state index >= 15 is 0 Å². The van der Waals surface area contributed by atoms with E-state index in [2.05, 4.69) is 10.3 Å². The maximum Gasteiger partial charge on any atom is 0.360 e. The number of aromatic nitrogens is 3. The number of aromatic carboxylic acids is 1. The molecule has 1 saturated carbocycles. The van der Waals surface area contributed by atoms with E-state index in [0.717, 1.165) is 12.8 Å². The zero-order chi connectivity index (χ0) is 8.72. The van der Waals surface area contributed by atoms with E-state index < -0.39 is 5.97 Å². The summed E-state index contributed by atoms with van der Waals surface area (Å²) < 4.78 is 1.48. The Kier molecular flexibility index (Phi) is 1.30. The van der Waals surface area contributed by atoms with Crippen molar-refractivity contribution in [1.29, 1.82) is 0 Å². The van der Waals surface area contributed by atoms with Crippen molar-refractivity contribution in [3.8, 4) is 0 Å². The number of hydrogen-bond acceptors (Lipinski definition) is 4. The molecule has 0 unspecified atom stereocenters. The number of nitrogen functional groups attached to an aromatic ring is 1. The van der Waals surface area contributed by atoms with Crippen LogP contribution in [0.15, 0.2) is 0 Å². The molecule has 0 spiro atoms. The molecule has 1 fully saturated rings. The maximum absolute atomic E-state index is 10.5. The second-order valence-electron chi connectivity index (χ2n) is 2.80. The number of carbonyl (C=O) groups is 1. The first-order valence-electron chi connectivity index (χ1n) is 3.64. The lowest BCUT2D eigenvalue weighted by molar-refractivity contribution is 0.0691. The third-order valence-electron chi connectivity index (χ3n) is 1.83. The highest BCUT2D eigenvalue weighted by molar-refractivity contribution is 5.90. The monoisotopic (exact) mass is 168 g/mol. The number of rotatable bonds is 2. The van der Waals surface area contributed by atoms with Crippen LogP contribution in [-0.4, -0.2) is 26.1 Å². The Morgan fingerprint density at radius 1 is 1.67 bits per heavy atom. The molecule has 0 atom stereocenters. The van der Waals surface area contributed by atoms with Gasteiger partial charge >= 0.3 is 5.97 Å². The van der Waals surface area contributed by atoms with Gasteiger partial charge < -0.3 is 10.8 Å². The highest BCUT2D eigenvalue weighted by Gasteiger charge is 2.29. The summed E-state index contributed by atoms with van der Waals surface area (Å²) in [6.07, 6.45) is 2.01. The Hall–Kier alpha value is -1.59. The SMILES string of the molecule is Nc1c(C(=O)O)nnn1C1CC1. The van der Waals surface area contributed by atoms with E-state index in [1.165, 1.54) is 4.68 Å². The van der Waals surface area contributed by atoms with Crippen LogP contribution in [0.25, 0.3) is 0 Å². The Labute approximate surface area is 68.0 Å². The highest BCUT2D eigenvalue weighted by Crippen LogP contribution is 2.36. The van der Waals surface area contributed by atoms with Crippen LogP contribution < -0.4 is 5.73 Å². The third-order valence-corrected chi connectivity index (χ3v) is 1.83. The van der Waals surface area contributed by atoms with Gasteiger partial charge in [-0.05, 0) is 12.8 Å². The topological polar surface area (TPSA) is 94.0 Å². The van der Waals surface area contributed by atoms with Gasteiger partial charge in [0.2, 0.25) is 5.69 Å². The van der Waals surface area contributed by atoms with Crippen LogP contribution in [0.1, 0.15) is 29.4 Å². The molecule has 0 saturated heterocycles. The van der Waals surface area contributed by atoms with Crippen LogP contribution in [0, 0.1) is 0 Å². The lowest BCUT2D eigenvalue weighted by atomic mass is 10.4. The van der Waals surface area contributed by atoms with E-state index in [9.17, 15) is 4.79 Å². The first kappa shape index (κ1) is 7.08. The largest absolute Gasteiger partial charge is 0.476 e. The second-order valence-corrected chi connectivity index (χ2v) is 2.80. The Bertz CT molecular complexity index is 328. The molecule has 0 amide bonds.